The van der Waals surface area contributed by atoms with Crippen molar-refractivity contribution in [3.05, 3.63) is 35.6 Å². The molecule has 0 bridgehead atoms. The summed E-state index contributed by atoms with van der Waals surface area (Å²) in [6.45, 7) is -3.76. The van der Waals surface area contributed by atoms with Crippen LogP contribution >= 0.6 is 66.5 Å². The molecule has 0 aromatic heterocycles. The van der Waals surface area contributed by atoms with Crippen LogP contribution in [0.25, 0.3) is 0 Å². The SMILES string of the molecule is CCC([Si](Cl)(Cl)CCCc1ccccc1F)[Si](Cl)(Cl)CC[Si](C)(Cl)Cl. The van der Waals surface area contributed by atoms with E-state index in [1.807, 2.05) is 19.5 Å². The normalized spacial score (nSPS) is 14.6. The molecule has 10 heteroatoms. The Morgan fingerprint density at radius 2 is 1.48 bits per heavy atom. The van der Waals surface area contributed by atoms with Gasteiger partial charge in [0, 0.05) is 5.16 Å². The Balaban J connectivity index is 2.70. The van der Waals surface area contributed by atoms with Gasteiger partial charge in [-0.1, -0.05) is 31.5 Å². The predicted octanol–water partition coefficient (Wildman–Crippen LogP) is 8.47. The quantitative estimate of drug-likeness (QED) is 0.215. The fourth-order valence-electron chi connectivity index (χ4n) is 2.86. The Hall–Kier alpha value is 1.54. The van der Waals surface area contributed by atoms with E-state index in [4.69, 9.17) is 66.5 Å². The molecule has 1 atom stereocenters. The van der Waals surface area contributed by atoms with E-state index in [1.165, 1.54) is 6.07 Å². The van der Waals surface area contributed by atoms with Gasteiger partial charge in [0.25, 0.3) is 13.4 Å². The standard InChI is InChI=1S/C15H23Cl6FSi3/c1-3-15(25(20,21)12-11-23(2,16)17)24(18,19)10-6-8-13-7-4-5-9-14(13)22/h4-5,7,9,15H,3,6,8,10-12H2,1-2H3. The molecule has 0 N–H and O–H groups in total. The minimum atomic E-state index is -2.69. The number of hydrogen-bond acceptors (Lipinski definition) is 0. The Morgan fingerprint density at radius 1 is 0.920 bits per heavy atom. The van der Waals surface area contributed by atoms with Gasteiger partial charge in [0.05, 0.1) is 0 Å². The molecule has 1 rings (SSSR count). The highest BCUT2D eigenvalue weighted by Gasteiger charge is 2.51. The summed E-state index contributed by atoms with van der Waals surface area (Å²) in [7, 11) is 0. The molecule has 0 aliphatic carbocycles. The van der Waals surface area contributed by atoms with Gasteiger partial charge >= 0.3 is 0 Å². The molecular weight excluding hydrogens is 496 g/mol. The molecule has 0 spiro atoms. The maximum absolute atomic E-state index is 13.7. The molecule has 0 aliphatic rings. The third-order valence-corrected chi connectivity index (χ3v) is 22.4. The molecule has 144 valence electrons. The molecule has 0 aliphatic heterocycles. The average molecular weight is 519 g/mol. The van der Waals surface area contributed by atoms with Crippen molar-refractivity contribution in [3.63, 3.8) is 0 Å². The van der Waals surface area contributed by atoms with Crippen LogP contribution in [0.1, 0.15) is 25.3 Å². The first-order chi connectivity index (χ1) is 11.4. The van der Waals surface area contributed by atoms with Crippen molar-refractivity contribution in [3.8, 4) is 0 Å². The highest BCUT2D eigenvalue weighted by atomic mass is 35.7. The van der Waals surface area contributed by atoms with Crippen molar-refractivity contribution in [2.45, 2.75) is 56.0 Å². The Bertz CT molecular complexity index is 550. The zero-order valence-corrected chi connectivity index (χ0v) is 21.8. The van der Waals surface area contributed by atoms with Crippen LogP contribution in [-0.4, -0.2) is 20.1 Å². The van der Waals surface area contributed by atoms with E-state index in [-0.39, 0.29) is 11.0 Å². The number of hydrogen-bond donors (Lipinski definition) is 0. The monoisotopic (exact) mass is 516 g/mol. The van der Waals surface area contributed by atoms with Gasteiger partial charge in [-0.05, 0) is 49.2 Å². The van der Waals surface area contributed by atoms with E-state index < -0.39 is 20.1 Å². The smallest absolute Gasteiger partial charge is 0.207 e. The maximum Gasteiger partial charge on any atom is 0.254 e. The molecule has 0 heterocycles. The molecule has 25 heavy (non-hydrogen) atoms. The first-order valence-corrected chi connectivity index (χ1v) is 21.6. The third-order valence-electron chi connectivity index (χ3n) is 4.24. The van der Waals surface area contributed by atoms with Gasteiger partial charge in [-0.2, -0.15) is 0 Å². The molecular formula is C15H23Cl6FSi3. The fraction of sp³-hybridized carbons (Fsp3) is 0.600. The van der Waals surface area contributed by atoms with Crippen LogP contribution in [0.5, 0.6) is 0 Å². The molecule has 1 aromatic carbocycles. The minimum Gasteiger partial charge on any atom is -0.207 e. The Labute approximate surface area is 181 Å². The van der Waals surface area contributed by atoms with Crippen LogP contribution in [0, 0.1) is 5.82 Å². The van der Waals surface area contributed by atoms with Crippen LogP contribution in [0.4, 0.5) is 4.39 Å². The summed E-state index contributed by atoms with van der Waals surface area (Å²) in [6, 6.07) is 8.63. The van der Waals surface area contributed by atoms with E-state index in [0.29, 0.717) is 36.5 Å². The second kappa shape index (κ2) is 10.4. The van der Waals surface area contributed by atoms with Crippen molar-refractivity contribution < 1.29 is 4.39 Å². The summed E-state index contributed by atoms with van der Waals surface area (Å²) < 4.78 is 13.7. The van der Waals surface area contributed by atoms with Gasteiger partial charge in [0.15, 0.2) is 0 Å². The van der Waals surface area contributed by atoms with E-state index >= 15 is 0 Å². The number of benzene rings is 1. The molecule has 0 amide bonds. The van der Waals surface area contributed by atoms with Gasteiger partial charge in [0.1, 0.15) is 5.82 Å². The second-order valence-electron chi connectivity index (χ2n) is 6.50. The average Bonchev–Trinajstić information content (AvgIpc) is 2.46. The van der Waals surface area contributed by atoms with E-state index in [0.717, 1.165) is 6.42 Å². The summed E-state index contributed by atoms with van der Waals surface area (Å²) in [5, 5.41) is -0.0722. The lowest BCUT2D eigenvalue weighted by atomic mass is 10.1. The van der Waals surface area contributed by atoms with Crippen molar-refractivity contribution in [1.29, 1.82) is 0 Å². The summed E-state index contributed by atoms with van der Waals surface area (Å²) >= 11 is 39.4. The largest absolute Gasteiger partial charge is 0.254 e. The molecule has 0 saturated carbocycles. The lowest BCUT2D eigenvalue weighted by Gasteiger charge is -2.35. The van der Waals surface area contributed by atoms with Gasteiger partial charge in [0.2, 0.25) is 6.69 Å². The van der Waals surface area contributed by atoms with E-state index in [9.17, 15) is 4.39 Å². The maximum atomic E-state index is 13.7. The highest BCUT2D eigenvalue weighted by molar-refractivity contribution is 7.57. The molecule has 0 saturated heterocycles. The topological polar surface area (TPSA) is 0 Å². The fourth-order valence-corrected chi connectivity index (χ4v) is 26.6. The van der Waals surface area contributed by atoms with E-state index in [1.54, 1.807) is 12.1 Å². The van der Waals surface area contributed by atoms with Crippen LogP contribution in [0.15, 0.2) is 24.3 Å². The predicted molar refractivity (Wildman–Crippen MR) is 121 cm³/mol. The van der Waals surface area contributed by atoms with Crippen molar-refractivity contribution in [2.75, 3.05) is 0 Å². The zero-order valence-electron chi connectivity index (χ0n) is 14.3. The van der Waals surface area contributed by atoms with Gasteiger partial charge in [-0.25, -0.2) is 4.39 Å². The number of aryl methyl sites for hydroxylation is 1. The van der Waals surface area contributed by atoms with Crippen molar-refractivity contribution >= 4 is 86.6 Å². The van der Waals surface area contributed by atoms with Crippen LogP contribution in [0.3, 0.4) is 0 Å². The van der Waals surface area contributed by atoms with Crippen molar-refractivity contribution in [2.24, 2.45) is 0 Å². The minimum absolute atomic E-state index is 0.0722. The Kier molecular flexibility index (Phi) is 10.2. The lowest BCUT2D eigenvalue weighted by molar-refractivity contribution is 0.607. The summed E-state index contributed by atoms with van der Waals surface area (Å²) in [4.78, 5) is 0. The third kappa shape index (κ3) is 8.61. The van der Waals surface area contributed by atoms with Crippen LogP contribution < -0.4 is 0 Å². The molecule has 1 unspecified atom stereocenters. The first kappa shape index (κ1) is 24.6. The molecule has 1 aromatic rings. The summed E-state index contributed by atoms with van der Waals surface area (Å²) in [5.41, 5.74) is 0.681. The number of rotatable bonds is 10. The highest BCUT2D eigenvalue weighted by Crippen LogP contribution is 2.49. The number of halogens is 7. The lowest BCUT2D eigenvalue weighted by Crippen LogP contribution is -2.42. The van der Waals surface area contributed by atoms with Crippen molar-refractivity contribution in [1.82, 2.24) is 0 Å². The van der Waals surface area contributed by atoms with Gasteiger partial charge in [-0.3, -0.25) is 0 Å². The van der Waals surface area contributed by atoms with Crippen LogP contribution in [0.2, 0.25) is 29.8 Å². The molecule has 0 nitrogen and oxygen atoms in total. The van der Waals surface area contributed by atoms with Crippen LogP contribution in [-0.2, 0) is 6.42 Å². The van der Waals surface area contributed by atoms with Gasteiger partial charge in [-0.15, -0.1) is 66.5 Å². The summed E-state index contributed by atoms with van der Waals surface area (Å²) in [5.74, 6) is -0.196. The second-order valence-corrected chi connectivity index (χ2v) is 30.0. The van der Waals surface area contributed by atoms with E-state index in [2.05, 4.69) is 0 Å². The summed E-state index contributed by atoms with van der Waals surface area (Å²) in [6.07, 6.45) is 2.05. The molecule has 0 radical (unpaired) electrons. The zero-order chi connectivity index (χ0) is 19.3. The molecule has 0 fully saturated rings. The van der Waals surface area contributed by atoms with Gasteiger partial charge < -0.3 is 0 Å². The Morgan fingerprint density at radius 3 is 2.00 bits per heavy atom. The first-order valence-electron chi connectivity index (χ1n) is 8.26.